The monoisotopic (exact) mass is 534 g/mol. The minimum atomic E-state index is -2.59. The Hall–Kier alpha value is -2.49. The first-order valence-corrected chi connectivity index (χ1v) is 13.3. The van der Waals surface area contributed by atoms with Crippen LogP contribution in [0, 0.1) is 5.92 Å². The van der Waals surface area contributed by atoms with Gasteiger partial charge in [0.15, 0.2) is 5.78 Å². The highest BCUT2D eigenvalue weighted by Gasteiger charge is 2.56. The third kappa shape index (κ3) is 4.94. The van der Waals surface area contributed by atoms with Gasteiger partial charge in [-0.25, -0.2) is 13.8 Å². The fourth-order valence-corrected chi connectivity index (χ4v) is 6.18. The molecule has 1 aliphatic carbocycles. The van der Waals surface area contributed by atoms with Crippen molar-refractivity contribution in [3.8, 4) is 5.88 Å². The van der Waals surface area contributed by atoms with Gasteiger partial charge in [0.1, 0.15) is 10.8 Å². The van der Waals surface area contributed by atoms with Crippen LogP contribution in [0.15, 0.2) is 64.2 Å². The number of carbonyl (C=O) groups is 2. The van der Waals surface area contributed by atoms with Crippen LogP contribution in [0.25, 0.3) is 0 Å². The Bertz CT molecular complexity index is 1240. The molecule has 3 heterocycles. The van der Waals surface area contributed by atoms with Crippen molar-refractivity contribution in [2.24, 2.45) is 5.92 Å². The number of thioether (sulfide) groups is 1. The van der Waals surface area contributed by atoms with Gasteiger partial charge in [-0.3, -0.25) is 9.59 Å². The Morgan fingerprint density at radius 2 is 1.97 bits per heavy atom. The summed E-state index contributed by atoms with van der Waals surface area (Å²) < 4.78 is 32.0. The van der Waals surface area contributed by atoms with E-state index in [9.17, 15) is 18.4 Å². The smallest absolute Gasteiger partial charge is 0.251 e. The maximum Gasteiger partial charge on any atom is 0.251 e. The van der Waals surface area contributed by atoms with Gasteiger partial charge in [0.25, 0.3) is 5.92 Å². The van der Waals surface area contributed by atoms with Gasteiger partial charge >= 0.3 is 0 Å². The number of ketones is 1. The molecule has 2 aromatic heterocycles. The van der Waals surface area contributed by atoms with Crippen molar-refractivity contribution in [1.29, 1.82) is 0 Å². The first-order chi connectivity index (χ1) is 16.8. The average molecular weight is 535 g/mol. The molecule has 1 saturated heterocycles. The molecule has 2 aliphatic rings. The molecule has 2 fully saturated rings. The van der Waals surface area contributed by atoms with Crippen molar-refractivity contribution >= 4 is 46.4 Å². The maximum atomic E-state index is 13.4. The summed E-state index contributed by atoms with van der Waals surface area (Å²) in [7, 11) is 0. The van der Waals surface area contributed by atoms with E-state index in [0.29, 0.717) is 15.6 Å². The number of amides is 1. The molecule has 35 heavy (non-hydrogen) atoms. The molecule has 0 spiro atoms. The molecule has 5 nitrogen and oxygen atoms in total. The van der Waals surface area contributed by atoms with E-state index in [0.717, 1.165) is 17.3 Å². The molecule has 1 aliphatic heterocycles. The molecule has 3 aromatic rings. The summed E-state index contributed by atoms with van der Waals surface area (Å²) in [4.78, 5) is 31.9. The SMILES string of the molecule is O=C1CC(c2ccsc2)(c2cccc(OCCC3CC3(F)F)n2)NC(=O)C1Sc1ccccc1Cl. The zero-order valence-corrected chi connectivity index (χ0v) is 20.8. The molecule has 0 radical (unpaired) electrons. The normalized spacial score (nSPS) is 25.2. The zero-order chi connectivity index (χ0) is 24.6. The van der Waals surface area contributed by atoms with Crippen molar-refractivity contribution in [3.63, 3.8) is 0 Å². The minimum absolute atomic E-state index is 0.00232. The quantitative estimate of drug-likeness (QED) is 0.375. The second kappa shape index (κ2) is 9.52. The first kappa shape index (κ1) is 24.2. The van der Waals surface area contributed by atoms with Gasteiger partial charge in [0.2, 0.25) is 11.8 Å². The molecule has 3 atom stereocenters. The van der Waals surface area contributed by atoms with Crippen LogP contribution in [0.1, 0.15) is 30.5 Å². The first-order valence-electron chi connectivity index (χ1n) is 11.1. The highest BCUT2D eigenvalue weighted by Crippen LogP contribution is 2.50. The molecule has 3 unspecified atom stereocenters. The van der Waals surface area contributed by atoms with Gasteiger partial charge < -0.3 is 10.1 Å². The third-order valence-corrected chi connectivity index (χ3v) is 8.68. The van der Waals surface area contributed by atoms with Crippen molar-refractivity contribution in [1.82, 2.24) is 10.3 Å². The molecule has 1 saturated carbocycles. The predicted octanol–water partition coefficient (Wildman–Crippen LogP) is 5.71. The number of nitrogens with zero attached hydrogens (tertiary/aromatic N) is 1. The molecule has 1 amide bonds. The molecule has 1 aromatic carbocycles. The van der Waals surface area contributed by atoms with Gasteiger partial charge in [0, 0.05) is 29.7 Å². The number of ether oxygens (including phenoxy) is 1. The lowest BCUT2D eigenvalue weighted by atomic mass is 9.79. The minimum Gasteiger partial charge on any atom is -0.478 e. The van der Waals surface area contributed by atoms with Crippen molar-refractivity contribution < 1.29 is 23.1 Å². The number of Topliss-reactive ketones (excluding diaryl/α,β-unsaturated/α-hetero) is 1. The summed E-state index contributed by atoms with van der Waals surface area (Å²) in [5, 5.41) is 6.33. The second-order valence-corrected chi connectivity index (χ2v) is 11.0. The van der Waals surface area contributed by atoms with E-state index in [1.54, 1.807) is 42.5 Å². The van der Waals surface area contributed by atoms with E-state index in [1.165, 1.54) is 11.3 Å². The number of rotatable bonds is 8. The molecular weight excluding hydrogens is 514 g/mol. The van der Waals surface area contributed by atoms with Gasteiger partial charge in [0.05, 0.1) is 17.3 Å². The van der Waals surface area contributed by atoms with Crippen LogP contribution in [-0.2, 0) is 15.1 Å². The van der Waals surface area contributed by atoms with Crippen LogP contribution < -0.4 is 10.1 Å². The summed E-state index contributed by atoms with van der Waals surface area (Å²) in [6, 6.07) is 14.0. The number of aromatic nitrogens is 1. The molecule has 1 N–H and O–H groups in total. The molecule has 10 heteroatoms. The number of alkyl halides is 2. The number of piperidine rings is 1. The summed E-state index contributed by atoms with van der Waals surface area (Å²) in [5.41, 5.74) is 0.0370. The Balaban J connectivity index is 1.39. The van der Waals surface area contributed by atoms with E-state index in [-0.39, 0.29) is 37.5 Å². The van der Waals surface area contributed by atoms with Gasteiger partial charge in [-0.1, -0.05) is 29.8 Å². The van der Waals surface area contributed by atoms with Gasteiger partial charge in [-0.05, 0) is 47.0 Å². The number of nitrogens with one attached hydrogen (secondary N) is 1. The predicted molar refractivity (Wildman–Crippen MR) is 131 cm³/mol. The number of pyridine rings is 1. The summed E-state index contributed by atoms with van der Waals surface area (Å²) in [6.45, 7) is 0.115. The standard InChI is InChI=1S/C25H21ClF2N2O3S2/c26-17-4-1-2-5-19(17)35-22-18(31)13-24(30-23(22)32,16-9-11-34-14-16)20-6-3-7-21(29-20)33-10-8-15-12-25(15,27)28/h1-7,9,11,14-15,22H,8,10,12-13H2,(H,30,32). The lowest BCUT2D eigenvalue weighted by molar-refractivity contribution is -0.133. The highest BCUT2D eigenvalue weighted by atomic mass is 35.5. The van der Waals surface area contributed by atoms with E-state index in [4.69, 9.17) is 16.3 Å². The average Bonchev–Trinajstić information content (AvgIpc) is 3.20. The maximum absolute atomic E-state index is 13.4. The fraction of sp³-hybridized carbons (Fsp3) is 0.320. The van der Waals surface area contributed by atoms with E-state index < -0.39 is 28.5 Å². The highest BCUT2D eigenvalue weighted by molar-refractivity contribution is 8.01. The fourth-order valence-electron chi connectivity index (χ4n) is 4.21. The largest absolute Gasteiger partial charge is 0.478 e. The van der Waals surface area contributed by atoms with E-state index >= 15 is 0 Å². The Labute approximate surface area is 214 Å². The van der Waals surface area contributed by atoms with Crippen LogP contribution >= 0.6 is 34.7 Å². The second-order valence-electron chi connectivity index (χ2n) is 8.64. The Morgan fingerprint density at radius 3 is 2.66 bits per heavy atom. The third-order valence-electron chi connectivity index (χ3n) is 6.23. The van der Waals surface area contributed by atoms with E-state index in [2.05, 4.69) is 10.3 Å². The van der Waals surface area contributed by atoms with Crippen molar-refractivity contribution in [3.05, 3.63) is 75.6 Å². The number of hydrogen-bond acceptors (Lipinski definition) is 6. The number of thiophene rings is 1. The number of benzene rings is 1. The number of hydrogen-bond donors (Lipinski definition) is 1. The molecule has 0 bridgehead atoms. The van der Waals surface area contributed by atoms with Crippen molar-refractivity contribution in [2.75, 3.05) is 6.61 Å². The topological polar surface area (TPSA) is 68.3 Å². The summed E-state index contributed by atoms with van der Waals surface area (Å²) in [6.07, 6.45) is 0.139. The summed E-state index contributed by atoms with van der Waals surface area (Å²) >= 11 is 8.82. The van der Waals surface area contributed by atoms with Crippen molar-refractivity contribution in [2.45, 2.75) is 40.9 Å². The molecular formula is C25H21ClF2N2O3S2. The van der Waals surface area contributed by atoms with Crippen LogP contribution in [-0.4, -0.2) is 34.5 Å². The summed E-state index contributed by atoms with van der Waals surface area (Å²) in [5.74, 6) is -3.65. The van der Waals surface area contributed by atoms with Crippen LogP contribution in [0.2, 0.25) is 5.02 Å². The number of carbonyl (C=O) groups excluding carboxylic acids is 2. The van der Waals surface area contributed by atoms with E-state index in [1.807, 2.05) is 16.8 Å². The van der Waals surface area contributed by atoms with Gasteiger partial charge in [-0.15, -0.1) is 11.8 Å². The Morgan fingerprint density at radius 1 is 1.17 bits per heavy atom. The number of halogens is 3. The molecule has 182 valence electrons. The Kier molecular flexibility index (Phi) is 6.59. The lowest BCUT2D eigenvalue weighted by Crippen LogP contribution is -2.58. The van der Waals surface area contributed by atoms with Crippen LogP contribution in [0.5, 0.6) is 5.88 Å². The van der Waals surface area contributed by atoms with Crippen LogP contribution in [0.3, 0.4) is 0 Å². The van der Waals surface area contributed by atoms with Gasteiger partial charge in [-0.2, -0.15) is 11.3 Å². The lowest BCUT2D eigenvalue weighted by Gasteiger charge is -2.39. The van der Waals surface area contributed by atoms with Crippen LogP contribution in [0.4, 0.5) is 8.78 Å². The zero-order valence-electron chi connectivity index (χ0n) is 18.4. The molecule has 5 rings (SSSR count).